The van der Waals surface area contributed by atoms with Crippen molar-refractivity contribution in [2.24, 2.45) is 5.73 Å². The first-order chi connectivity index (χ1) is 3.68. The van der Waals surface area contributed by atoms with E-state index in [9.17, 15) is 8.78 Å². The van der Waals surface area contributed by atoms with Crippen molar-refractivity contribution in [1.82, 2.24) is 0 Å². The molecule has 0 saturated carbocycles. The molecule has 0 aliphatic carbocycles. The monoisotopic (exact) mass is 141 g/mol. The third-order valence-electron chi connectivity index (χ3n) is 0.607. The Bertz CT molecular complexity index is 60.0. The first-order valence-electron chi connectivity index (χ1n) is 2.33. The van der Waals surface area contributed by atoms with Gasteiger partial charge in [-0.25, -0.2) is 8.78 Å². The van der Waals surface area contributed by atoms with Crippen LogP contribution in [0.4, 0.5) is 8.78 Å². The van der Waals surface area contributed by atoms with Crippen molar-refractivity contribution in [3.05, 3.63) is 0 Å². The van der Waals surface area contributed by atoms with E-state index in [4.69, 9.17) is 5.73 Å². The normalized spacial score (nSPS) is 14.6. The molecule has 1 atom stereocenters. The summed E-state index contributed by atoms with van der Waals surface area (Å²) in [5.41, 5.74) is 4.94. The van der Waals surface area contributed by atoms with Crippen molar-refractivity contribution >= 4 is 11.8 Å². The Kier molecular flexibility index (Phi) is 4.18. The van der Waals surface area contributed by atoms with Gasteiger partial charge in [-0.1, -0.05) is 6.92 Å². The van der Waals surface area contributed by atoms with Crippen LogP contribution in [0.2, 0.25) is 0 Å². The molecule has 0 radical (unpaired) electrons. The standard InChI is InChI=1S/C4H9F2NS/c1-2-8-4(7)3(5)6/h3-4H,2,7H2,1H3. The molecule has 0 saturated heterocycles. The van der Waals surface area contributed by atoms with E-state index in [0.717, 1.165) is 11.8 Å². The molecule has 50 valence electrons. The minimum Gasteiger partial charge on any atom is -0.315 e. The second-order valence-electron chi connectivity index (χ2n) is 1.25. The number of hydrogen-bond acceptors (Lipinski definition) is 2. The van der Waals surface area contributed by atoms with Crippen LogP contribution in [0.15, 0.2) is 0 Å². The first kappa shape index (κ1) is 8.17. The number of halogens is 2. The van der Waals surface area contributed by atoms with E-state index in [1.807, 2.05) is 0 Å². The van der Waals surface area contributed by atoms with E-state index in [0.29, 0.717) is 5.75 Å². The van der Waals surface area contributed by atoms with Crippen molar-refractivity contribution in [2.75, 3.05) is 5.75 Å². The number of thioether (sulfide) groups is 1. The Balaban J connectivity index is 3.17. The zero-order chi connectivity index (χ0) is 6.57. The third-order valence-corrected chi connectivity index (χ3v) is 1.53. The molecule has 1 unspecified atom stereocenters. The van der Waals surface area contributed by atoms with Crippen LogP contribution in [0.5, 0.6) is 0 Å². The largest absolute Gasteiger partial charge is 0.315 e. The highest BCUT2D eigenvalue weighted by Gasteiger charge is 2.13. The molecular formula is C4H9F2NS. The van der Waals surface area contributed by atoms with Gasteiger partial charge in [-0.2, -0.15) is 0 Å². The molecule has 0 rings (SSSR count). The predicted octanol–water partition coefficient (Wildman–Crippen LogP) is 1.29. The molecule has 2 N–H and O–H groups in total. The van der Waals surface area contributed by atoms with Crippen LogP contribution in [-0.2, 0) is 0 Å². The Morgan fingerprint density at radius 1 is 1.62 bits per heavy atom. The van der Waals surface area contributed by atoms with Gasteiger partial charge >= 0.3 is 0 Å². The summed E-state index contributed by atoms with van der Waals surface area (Å²) in [5, 5.41) is -1.00. The highest BCUT2D eigenvalue weighted by atomic mass is 32.2. The van der Waals surface area contributed by atoms with Crippen LogP contribution in [0, 0.1) is 0 Å². The quantitative estimate of drug-likeness (QED) is 0.599. The smallest absolute Gasteiger partial charge is 0.262 e. The summed E-state index contributed by atoms with van der Waals surface area (Å²) < 4.78 is 22.9. The predicted molar refractivity (Wildman–Crippen MR) is 32.1 cm³/mol. The van der Waals surface area contributed by atoms with Crippen molar-refractivity contribution in [3.63, 3.8) is 0 Å². The van der Waals surface area contributed by atoms with Crippen molar-refractivity contribution < 1.29 is 8.78 Å². The van der Waals surface area contributed by atoms with Crippen LogP contribution >= 0.6 is 11.8 Å². The van der Waals surface area contributed by atoms with E-state index in [1.54, 1.807) is 6.92 Å². The molecule has 0 aromatic rings. The van der Waals surface area contributed by atoms with Gasteiger partial charge < -0.3 is 5.73 Å². The Morgan fingerprint density at radius 3 is 2.25 bits per heavy atom. The molecule has 0 amide bonds. The zero-order valence-electron chi connectivity index (χ0n) is 4.60. The van der Waals surface area contributed by atoms with Gasteiger partial charge in [0.05, 0.1) is 0 Å². The number of hydrogen-bond donors (Lipinski definition) is 1. The summed E-state index contributed by atoms with van der Waals surface area (Å²) in [4.78, 5) is 0. The number of nitrogens with two attached hydrogens (primary N) is 1. The molecule has 0 heterocycles. The lowest BCUT2D eigenvalue weighted by Crippen LogP contribution is -2.24. The zero-order valence-corrected chi connectivity index (χ0v) is 5.42. The fraction of sp³-hybridized carbons (Fsp3) is 1.00. The van der Waals surface area contributed by atoms with Gasteiger partial charge in [-0.3, -0.25) is 0 Å². The summed E-state index contributed by atoms with van der Waals surface area (Å²) in [5.74, 6) is 0.644. The van der Waals surface area contributed by atoms with Crippen LogP contribution < -0.4 is 5.73 Å². The molecule has 0 fully saturated rings. The SMILES string of the molecule is CCSC(N)C(F)F. The Morgan fingerprint density at radius 2 is 2.12 bits per heavy atom. The molecule has 0 aliphatic rings. The van der Waals surface area contributed by atoms with Gasteiger partial charge in [0.25, 0.3) is 6.43 Å². The van der Waals surface area contributed by atoms with E-state index in [1.165, 1.54) is 0 Å². The van der Waals surface area contributed by atoms with Gasteiger partial charge in [0.2, 0.25) is 0 Å². The maximum Gasteiger partial charge on any atom is 0.262 e. The molecular weight excluding hydrogens is 132 g/mol. The third kappa shape index (κ3) is 3.21. The molecule has 0 aromatic carbocycles. The second kappa shape index (κ2) is 4.09. The summed E-state index contributed by atoms with van der Waals surface area (Å²) in [7, 11) is 0. The molecule has 8 heavy (non-hydrogen) atoms. The summed E-state index contributed by atoms with van der Waals surface area (Å²) in [6.07, 6.45) is -2.39. The molecule has 0 bridgehead atoms. The number of rotatable bonds is 3. The fourth-order valence-corrected chi connectivity index (χ4v) is 0.796. The maximum absolute atomic E-state index is 11.5. The highest BCUT2D eigenvalue weighted by molar-refractivity contribution is 7.99. The topological polar surface area (TPSA) is 26.0 Å². The van der Waals surface area contributed by atoms with Crippen LogP contribution in [-0.4, -0.2) is 17.6 Å². The van der Waals surface area contributed by atoms with Crippen LogP contribution in [0.3, 0.4) is 0 Å². The molecule has 1 nitrogen and oxygen atoms in total. The molecule has 0 aliphatic heterocycles. The van der Waals surface area contributed by atoms with E-state index < -0.39 is 11.8 Å². The van der Waals surface area contributed by atoms with E-state index in [-0.39, 0.29) is 0 Å². The minimum absolute atomic E-state index is 0.644. The average Bonchev–Trinajstić information content (AvgIpc) is 1.67. The highest BCUT2D eigenvalue weighted by Crippen LogP contribution is 2.11. The first-order valence-corrected chi connectivity index (χ1v) is 3.38. The number of alkyl halides is 2. The second-order valence-corrected chi connectivity index (χ2v) is 2.71. The summed E-state index contributed by atoms with van der Waals surface area (Å²) in [6, 6.07) is 0. The van der Waals surface area contributed by atoms with Crippen molar-refractivity contribution in [2.45, 2.75) is 18.7 Å². The summed E-state index contributed by atoms with van der Waals surface area (Å²) in [6.45, 7) is 1.80. The minimum atomic E-state index is -2.39. The molecule has 4 heteroatoms. The van der Waals surface area contributed by atoms with Crippen LogP contribution in [0.25, 0.3) is 0 Å². The Labute approximate surface area is 51.6 Å². The van der Waals surface area contributed by atoms with Crippen molar-refractivity contribution in [1.29, 1.82) is 0 Å². The van der Waals surface area contributed by atoms with Crippen LogP contribution in [0.1, 0.15) is 6.92 Å². The van der Waals surface area contributed by atoms with Crippen molar-refractivity contribution in [3.8, 4) is 0 Å². The lowest BCUT2D eigenvalue weighted by molar-refractivity contribution is 0.147. The molecule has 0 spiro atoms. The summed E-state index contributed by atoms with van der Waals surface area (Å²) >= 11 is 1.07. The Hall–Kier alpha value is 0.170. The van der Waals surface area contributed by atoms with Gasteiger partial charge in [-0.05, 0) is 5.75 Å². The van der Waals surface area contributed by atoms with Gasteiger partial charge in [0.1, 0.15) is 5.37 Å². The van der Waals surface area contributed by atoms with E-state index >= 15 is 0 Å². The fourth-order valence-electron chi connectivity index (χ4n) is 0.265. The van der Waals surface area contributed by atoms with Gasteiger partial charge in [-0.15, -0.1) is 11.8 Å². The van der Waals surface area contributed by atoms with E-state index in [2.05, 4.69) is 0 Å². The lowest BCUT2D eigenvalue weighted by Gasteiger charge is -2.06. The van der Waals surface area contributed by atoms with Gasteiger partial charge in [0.15, 0.2) is 0 Å². The molecule has 0 aromatic heterocycles. The average molecular weight is 141 g/mol. The lowest BCUT2D eigenvalue weighted by atomic mass is 10.7. The maximum atomic E-state index is 11.5. The van der Waals surface area contributed by atoms with Gasteiger partial charge in [0, 0.05) is 0 Å².